The van der Waals surface area contributed by atoms with E-state index in [-0.39, 0.29) is 36.6 Å². The number of hydrogen-bond donors (Lipinski definition) is 1. The SMILES string of the molecule is O=C(CN1C(=O)c2ccccc2Sc2ccc(C(=O)OCc3ccco3)cc21)NCC1CCCO1. The molecule has 1 atom stereocenters. The van der Waals surface area contributed by atoms with E-state index in [0.29, 0.717) is 30.2 Å². The van der Waals surface area contributed by atoms with Gasteiger partial charge in [-0.2, -0.15) is 0 Å². The van der Waals surface area contributed by atoms with Crippen molar-refractivity contribution in [2.75, 3.05) is 24.6 Å². The summed E-state index contributed by atoms with van der Waals surface area (Å²) < 4.78 is 16.1. The van der Waals surface area contributed by atoms with E-state index < -0.39 is 5.97 Å². The normalized spacial score (nSPS) is 16.9. The lowest BCUT2D eigenvalue weighted by atomic mass is 10.1. The molecule has 9 heteroatoms. The van der Waals surface area contributed by atoms with Crippen molar-refractivity contribution in [3.05, 3.63) is 77.7 Å². The number of nitrogens with one attached hydrogen (secondary N) is 1. The van der Waals surface area contributed by atoms with Gasteiger partial charge < -0.3 is 19.2 Å². The largest absolute Gasteiger partial charge is 0.466 e. The Balaban J connectivity index is 1.40. The zero-order valence-electron chi connectivity index (χ0n) is 18.9. The Morgan fingerprint density at radius 1 is 1.11 bits per heavy atom. The molecule has 1 saturated heterocycles. The van der Waals surface area contributed by atoms with Gasteiger partial charge in [0.05, 0.1) is 29.2 Å². The van der Waals surface area contributed by atoms with Gasteiger partial charge in [-0.3, -0.25) is 14.5 Å². The Labute approximate surface area is 206 Å². The van der Waals surface area contributed by atoms with Gasteiger partial charge in [0, 0.05) is 22.9 Å². The lowest BCUT2D eigenvalue weighted by Crippen LogP contribution is -2.43. The van der Waals surface area contributed by atoms with Crippen LogP contribution in [0.1, 0.15) is 39.3 Å². The average Bonchev–Trinajstić information content (AvgIpc) is 3.58. The van der Waals surface area contributed by atoms with Gasteiger partial charge in [0.2, 0.25) is 5.91 Å². The second kappa shape index (κ2) is 10.4. The standard InChI is InChI=1S/C26H24N2O6S/c29-24(27-14-18-5-3-11-32-18)15-28-21-13-17(26(31)34-16-19-6-4-12-33-19)9-10-23(21)35-22-8-2-1-7-20(22)25(28)30/h1-2,4,6-10,12-13,18H,3,5,11,14-16H2,(H,27,29). The summed E-state index contributed by atoms with van der Waals surface area (Å²) in [5, 5.41) is 2.87. The van der Waals surface area contributed by atoms with Crippen LogP contribution in [0.15, 0.2) is 75.1 Å². The molecule has 2 aliphatic rings. The molecule has 1 N–H and O–H groups in total. The van der Waals surface area contributed by atoms with Crippen molar-refractivity contribution in [1.29, 1.82) is 0 Å². The fraction of sp³-hybridized carbons (Fsp3) is 0.269. The Morgan fingerprint density at radius 3 is 2.80 bits per heavy atom. The predicted molar refractivity (Wildman–Crippen MR) is 128 cm³/mol. The zero-order chi connectivity index (χ0) is 24.2. The summed E-state index contributed by atoms with van der Waals surface area (Å²) >= 11 is 1.42. The highest BCUT2D eigenvalue weighted by atomic mass is 32.2. The lowest BCUT2D eigenvalue weighted by molar-refractivity contribution is -0.120. The van der Waals surface area contributed by atoms with Crippen molar-refractivity contribution in [3.63, 3.8) is 0 Å². The van der Waals surface area contributed by atoms with Crippen molar-refractivity contribution in [1.82, 2.24) is 5.32 Å². The average molecular weight is 493 g/mol. The lowest BCUT2D eigenvalue weighted by Gasteiger charge is -2.23. The van der Waals surface area contributed by atoms with E-state index in [2.05, 4.69) is 5.32 Å². The van der Waals surface area contributed by atoms with Crippen molar-refractivity contribution in [2.45, 2.75) is 35.3 Å². The van der Waals surface area contributed by atoms with Crippen molar-refractivity contribution in [2.24, 2.45) is 0 Å². The minimum atomic E-state index is -0.550. The van der Waals surface area contributed by atoms with Crippen molar-refractivity contribution < 1.29 is 28.3 Å². The van der Waals surface area contributed by atoms with Crippen molar-refractivity contribution >= 4 is 35.2 Å². The van der Waals surface area contributed by atoms with E-state index >= 15 is 0 Å². The Bertz CT molecular complexity index is 1240. The fourth-order valence-electron chi connectivity index (χ4n) is 4.05. The van der Waals surface area contributed by atoms with Crippen LogP contribution in [0.3, 0.4) is 0 Å². The van der Waals surface area contributed by atoms with Crippen LogP contribution in [0.2, 0.25) is 0 Å². The van der Waals surface area contributed by atoms with Crippen LogP contribution in [0.5, 0.6) is 0 Å². The van der Waals surface area contributed by atoms with Gasteiger partial charge in [0.1, 0.15) is 18.9 Å². The predicted octanol–water partition coefficient (Wildman–Crippen LogP) is 4.04. The summed E-state index contributed by atoms with van der Waals surface area (Å²) in [4.78, 5) is 42.1. The first kappa shape index (κ1) is 23.2. The Morgan fingerprint density at radius 2 is 2.00 bits per heavy atom. The molecule has 0 bridgehead atoms. The summed E-state index contributed by atoms with van der Waals surface area (Å²) in [6, 6.07) is 15.7. The third-order valence-corrected chi connectivity index (χ3v) is 6.99. The molecular weight excluding hydrogens is 468 g/mol. The molecule has 1 aromatic heterocycles. The highest BCUT2D eigenvalue weighted by Gasteiger charge is 2.30. The summed E-state index contributed by atoms with van der Waals surface area (Å²) in [5.74, 6) is -0.625. The third kappa shape index (κ3) is 5.26. The summed E-state index contributed by atoms with van der Waals surface area (Å²) in [7, 11) is 0. The maximum atomic E-state index is 13.5. The van der Waals surface area contributed by atoms with Gasteiger partial charge in [-0.25, -0.2) is 4.79 Å². The molecule has 35 heavy (non-hydrogen) atoms. The first-order valence-electron chi connectivity index (χ1n) is 11.4. The smallest absolute Gasteiger partial charge is 0.338 e. The van der Waals surface area contributed by atoms with Gasteiger partial charge in [-0.05, 0) is 55.3 Å². The van der Waals surface area contributed by atoms with Crippen LogP contribution in [-0.2, 0) is 20.9 Å². The van der Waals surface area contributed by atoms with E-state index in [9.17, 15) is 14.4 Å². The quantitative estimate of drug-likeness (QED) is 0.497. The number of nitrogens with zero attached hydrogens (tertiary/aromatic N) is 1. The summed E-state index contributed by atoms with van der Waals surface area (Å²) in [5.41, 5.74) is 1.26. The molecule has 180 valence electrons. The molecule has 3 heterocycles. The number of esters is 1. The molecule has 0 saturated carbocycles. The van der Waals surface area contributed by atoms with Gasteiger partial charge in [0.25, 0.3) is 5.91 Å². The molecule has 3 aromatic rings. The number of carbonyl (C=O) groups is 3. The van der Waals surface area contributed by atoms with Crippen LogP contribution in [-0.4, -0.2) is 43.6 Å². The van der Waals surface area contributed by atoms with E-state index in [0.717, 1.165) is 22.6 Å². The van der Waals surface area contributed by atoms with Crippen LogP contribution in [0, 0.1) is 0 Å². The highest BCUT2D eigenvalue weighted by Crippen LogP contribution is 2.41. The highest BCUT2D eigenvalue weighted by molar-refractivity contribution is 7.99. The van der Waals surface area contributed by atoms with Crippen LogP contribution in [0.25, 0.3) is 0 Å². The first-order chi connectivity index (χ1) is 17.1. The molecule has 1 unspecified atom stereocenters. The number of hydrogen-bond acceptors (Lipinski definition) is 7. The Kier molecular flexibility index (Phi) is 6.87. The number of ether oxygens (including phenoxy) is 2. The van der Waals surface area contributed by atoms with Crippen LogP contribution >= 0.6 is 11.8 Å². The number of rotatable bonds is 7. The summed E-state index contributed by atoms with van der Waals surface area (Å²) in [6.07, 6.45) is 3.39. The molecular formula is C26H24N2O6S. The zero-order valence-corrected chi connectivity index (χ0v) is 19.7. The van der Waals surface area contributed by atoms with E-state index in [1.165, 1.54) is 22.9 Å². The molecule has 2 amide bonds. The van der Waals surface area contributed by atoms with E-state index in [1.54, 1.807) is 42.5 Å². The molecule has 0 spiro atoms. The molecule has 5 rings (SSSR count). The fourth-order valence-corrected chi connectivity index (χ4v) is 5.11. The second-order valence-corrected chi connectivity index (χ2v) is 9.35. The Hall–Kier alpha value is -3.56. The van der Waals surface area contributed by atoms with E-state index in [4.69, 9.17) is 13.9 Å². The topological polar surface area (TPSA) is 98.1 Å². The van der Waals surface area contributed by atoms with Gasteiger partial charge in [-0.1, -0.05) is 23.9 Å². The minimum Gasteiger partial charge on any atom is -0.466 e. The van der Waals surface area contributed by atoms with Gasteiger partial charge >= 0.3 is 5.97 Å². The monoisotopic (exact) mass is 492 g/mol. The molecule has 2 aliphatic heterocycles. The molecule has 1 fully saturated rings. The van der Waals surface area contributed by atoms with Gasteiger partial charge in [-0.15, -0.1) is 0 Å². The van der Waals surface area contributed by atoms with Gasteiger partial charge in [0.15, 0.2) is 0 Å². The maximum Gasteiger partial charge on any atom is 0.338 e. The van der Waals surface area contributed by atoms with Crippen LogP contribution in [0.4, 0.5) is 5.69 Å². The number of carbonyl (C=O) groups excluding carboxylic acids is 3. The van der Waals surface area contributed by atoms with E-state index in [1.807, 2.05) is 12.1 Å². The molecule has 0 radical (unpaired) electrons. The summed E-state index contributed by atoms with van der Waals surface area (Å²) in [6.45, 7) is 0.916. The number of benzene rings is 2. The maximum absolute atomic E-state index is 13.5. The first-order valence-corrected chi connectivity index (χ1v) is 12.2. The number of anilines is 1. The number of fused-ring (bicyclic) bond motifs is 2. The number of amides is 2. The van der Waals surface area contributed by atoms with Crippen molar-refractivity contribution in [3.8, 4) is 0 Å². The number of furan rings is 1. The third-order valence-electron chi connectivity index (χ3n) is 5.85. The molecule has 8 nitrogen and oxygen atoms in total. The second-order valence-electron chi connectivity index (χ2n) is 8.27. The van der Waals surface area contributed by atoms with Crippen LogP contribution < -0.4 is 10.2 Å². The molecule has 0 aliphatic carbocycles. The minimum absolute atomic E-state index is 0.00196. The molecule has 2 aromatic carbocycles.